The molecule has 2 N–H and O–H groups in total. The van der Waals surface area contributed by atoms with Gasteiger partial charge in [-0.05, 0) is 31.4 Å². The van der Waals surface area contributed by atoms with Crippen LogP contribution in [-0.4, -0.2) is 13.1 Å². The fourth-order valence-electron chi connectivity index (χ4n) is 3.04. The molecule has 1 saturated carbocycles. The summed E-state index contributed by atoms with van der Waals surface area (Å²) in [6.07, 6.45) is 8.19. The van der Waals surface area contributed by atoms with E-state index in [0.717, 1.165) is 0 Å². The fourth-order valence-corrected chi connectivity index (χ4v) is 3.04. The van der Waals surface area contributed by atoms with Crippen molar-refractivity contribution in [2.24, 2.45) is 5.73 Å². The highest BCUT2D eigenvalue weighted by Crippen LogP contribution is 2.29. The summed E-state index contributed by atoms with van der Waals surface area (Å²) < 4.78 is 0. The van der Waals surface area contributed by atoms with Crippen LogP contribution < -0.4 is 10.6 Å². The Morgan fingerprint density at radius 3 is 2.33 bits per heavy atom. The lowest BCUT2D eigenvalue weighted by Gasteiger charge is -2.31. The van der Waals surface area contributed by atoms with Gasteiger partial charge in [-0.1, -0.05) is 43.9 Å². The van der Waals surface area contributed by atoms with Gasteiger partial charge in [-0.25, -0.2) is 0 Å². The van der Waals surface area contributed by atoms with Crippen LogP contribution in [0, 0.1) is 0 Å². The van der Waals surface area contributed by atoms with Crippen molar-refractivity contribution in [3.63, 3.8) is 0 Å². The van der Waals surface area contributed by atoms with Gasteiger partial charge in [0.25, 0.3) is 0 Å². The van der Waals surface area contributed by atoms with Crippen LogP contribution in [0.1, 0.15) is 57.1 Å². The molecular weight excluding hydrogens is 220 g/mol. The second-order valence-corrected chi connectivity index (χ2v) is 5.60. The smallest absolute Gasteiger partial charge is 0.0414 e. The zero-order valence-corrected chi connectivity index (χ0v) is 11.7. The molecule has 0 saturated heterocycles. The molecule has 0 aromatic heterocycles. The Morgan fingerprint density at radius 1 is 1.11 bits per heavy atom. The van der Waals surface area contributed by atoms with E-state index < -0.39 is 0 Å². The van der Waals surface area contributed by atoms with E-state index in [4.69, 9.17) is 5.73 Å². The molecule has 100 valence electrons. The Bertz CT molecular complexity index is 365. The standard InChI is InChI=1S/C16H26N2/c1-13(17)15-11-7-8-12-16(15)18(2)14-9-5-3-4-6-10-14/h7-8,11-14H,3-6,9-10,17H2,1-2H3/t13-/m0/s1. The van der Waals surface area contributed by atoms with Gasteiger partial charge in [-0.3, -0.25) is 0 Å². The van der Waals surface area contributed by atoms with E-state index in [0.29, 0.717) is 6.04 Å². The van der Waals surface area contributed by atoms with Gasteiger partial charge in [0.2, 0.25) is 0 Å². The first-order valence-corrected chi connectivity index (χ1v) is 7.27. The van der Waals surface area contributed by atoms with E-state index in [1.54, 1.807) is 0 Å². The van der Waals surface area contributed by atoms with Gasteiger partial charge in [-0.15, -0.1) is 0 Å². The van der Waals surface area contributed by atoms with Crippen molar-refractivity contribution in [2.45, 2.75) is 57.5 Å². The van der Waals surface area contributed by atoms with Crippen molar-refractivity contribution in [3.8, 4) is 0 Å². The summed E-state index contributed by atoms with van der Waals surface area (Å²) in [5.41, 5.74) is 8.67. The van der Waals surface area contributed by atoms with Crippen molar-refractivity contribution >= 4 is 5.69 Å². The highest BCUT2D eigenvalue weighted by atomic mass is 15.1. The summed E-state index contributed by atoms with van der Waals surface area (Å²) in [4.78, 5) is 2.46. The Hall–Kier alpha value is -1.02. The maximum absolute atomic E-state index is 6.09. The average Bonchev–Trinajstić information content (AvgIpc) is 2.66. The number of hydrogen-bond acceptors (Lipinski definition) is 2. The number of anilines is 1. The molecule has 1 atom stereocenters. The van der Waals surface area contributed by atoms with E-state index in [9.17, 15) is 0 Å². The minimum absolute atomic E-state index is 0.106. The molecule has 2 heteroatoms. The topological polar surface area (TPSA) is 29.3 Å². The van der Waals surface area contributed by atoms with Crippen molar-refractivity contribution in [1.29, 1.82) is 0 Å². The quantitative estimate of drug-likeness (QED) is 0.820. The maximum atomic E-state index is 6.09. The predicted molar refractivity (Wildman–Crippen MR) is 78.9 cm³/mol. The molecule has 0 amide bonds. The third-order valence-electron chi connectivity index (χ3n) is 4.18. The lowest BCUT2D eigenvalue weighted by atomic mass is 10.0. The molecule has 1 aliphatic carbocycles. The molecule has 1 aliphatic rings. The van der Waals surface area contributed by atoms with Crippen LogP contribution in [0.3, 0.4) is 0 Å². The normalized spacial score (nSPS) is 19.3. The fraction of sp³-hybridized carbons (Fsp3) is 0.625. The molecule has 0 heterocycles. The Kier molecular flexibility index (Phi) is 4.65. The van der Waals surface area contributed by atoms with E-state index in [-0.39, 0.29) is 6.04 Å². The zero-order chi connectivity index (χ0) is 13.0. The zero-order valence-electron chi connectivity index (χ0n) is 11.7. The van der Waals surface area contributed by atoms with Crippen LogP contribution in [0.2, 0.25) is 0 Å². The van der Waals surface area contributed by atoms with Crippen LogP contribution in [0.5, 0.6) is 0 Å². The monoisotopic (exact) mass is 246 g/mol. The summed E-state index contributed by atoms with van der Waals surface area (Å²) in [6.45, 7) is 2.07. The number of para-hydroxylation sites is 1. The van der Waals surface area contributed by atoms with E-state index in [1.165, 1.54) is 49.8 Å². The molecule has 1 aromatic rings. The highest BCUT2D eigenvalue weighted by molar-refractivity contribution is 5.55. The average molecular weight is 246 g/mol. The maximum Gasteiger partial charge on any atom is 0.0414 e. The second-order valence-electron chi connectivity index (χ2n) is 5.60. The molecule has 1 aromatic carbocycles. The number of nitrogens with two attached hydrogens (primary N) is 1. The highest BCUT2D eigenvalue weighted by Gasteiger charge is 2.19. The Labute approximate surface area is 111 Å². The minimum atomic E-state index is 0.106. The Balaban J connectivity index is 2.19. The number of nitrogens with zero attached hydrogens (tertiary/aromatic N) is 1. The molecule has 0 spiro atoms. The largest absolute Gasteiger partial charge is 0.371 e. The second kappa shape index (κ2) is 6.24. The van der Waals surface area contributed by atoms with Gasteiger partial charge >= 0.3 is 0 Å². The minimum Gasteiger partial charge on any atom is -0.371 e. The first-order valence-electron chi connectivity index (χ1n) is 7.27. The molecule has 2 rings (SSSR count). The predicted octanol–water partition coefficient (Wildman–Crippen LogP) is 3.87. The number of hydrogen-bond donors (Lipinski definition) is 1. The molecular formula is C16H26N2. The number of rotatable bonds is 3. The van der Waals surface area contributed by atoms with Gasteiger partial charge in [0.05, 0.1) is 0 Å². The van der Waals surface area contributed by atoms with Crippen LogP contribution >= 0.6 is 0 Å². The van der Waals surface area contributed by atoms with E-state index >= 15 is 0 Å². The molecule has 18 heavy (non-hydrogen) atoms. The summed E-state index contributed by atoms with van der Waals surface area (Å²) in [5.74, 6) is 0. The van der Waals surface area contributed by atoms with Gasteiger partial charge in [0.15, 0.2) is 0 Å². The first-order chi connectivity index (χ1) is 8.70. The summed E-state index contributed by atoms with van der Waals surface area (Å²) in [5, 5.41) is 0. The summed E-state index contributed by atoms with van der Waals surface area (Å²) >= 11 is 0. The lowest BCUT2D eigenvalue weighted by molar-refractivity contribution is 0.550. The van der Waals surface area contributed by atoms with E-state index in [1.807, 2.05) is 0 Å². The molecule has 0 radical (unpaired) electrons. The van der Waals surface area contributed by atoms with Crippen LogP contribution in [0.25, 0.3) is 0 Å². The van der Waals surface area contributed by atoms with Crippen molar-refractivity contribution in [1.82, 2.24) is 0 Å². The van der Waals surface area contributed by atoms with Crippen LogP contribution in [0.15, 0.2) is 24.3 Å². The summed E-state index contributed by atoms with van der Waals surface area (Å²) in [7, 11) is 2.23. The summed E-state index contributed by atoms with van der Waals surface area (Å²) in [6, 6.07) is 9.37. The van der Waals surface area contributed by atoms with Gasteiger partial charge in [0, 0.05) is 24.8 Å². The van der Waals surface area contributed by atoms with Crippen molar-refractivity contribution < 1.29 is 0 Å². The molecule has 0 bridgehead atoms. The molecule has 2 nitrogen and oxygen atoms in total. The van der Waals surface area contributed by atoms with Gasteiger partial charge in [-0.2, -0.15) is 0 Å². The van der Waals surface area contributed by atoms with Gasteiger partial charge in [0.1, 0.15) is 0 Å². The van der Waals surface area contributed by atoms with Crippen molar-refractivity contribution in [2.75, 3.05) is 11.9 Å². The van der Waals surface area contributed by atoms with Crippen LogP contribution in [-0.2, 0) is 0 Å². The number of benzene rings is 1. The third-order valence-corrected chi connectivity index (χ3v) is 4.18. The SMILES string of the molecule is C[C@H](N)c1ccccc1N(C)C1CCCCCC1. The van der Waals surface area contributed by atoms with Crippen LogP contribution in [0.4, 0.5) is 5.69 Å². The molecule has 0 aliphatic heterocycles. The third kappa shape index (κ3) is 3.05. The first kappa shape index (κ1) is 13.4. The van der Waals surface area contributed by atoms with Crippen molar-refractivity contribution in [3.05, 3.63) is 29.8 Å². The molecule has 0 unspecified atom stereocenters. The van der Waals surface area contributed by atoms with E-state index in [2.05, 4.69) is 43.1 Å². The lowest BCUT2D eigenvalue weighted by Crippen LogP contribution is -2.32. The molecule has 1 fully saturated rings. The van der Waals surface area contributed by atoms with Gasteiger partial charge < -0.3 is 10.6 Å². The Morgan fingerprint density at radius 2 is 1.72 bits per heavy atom.